The van der Waals surface area contributed by atoms with Crippen molar-refractivity contribution < 1.29 is 0 Å². The molecular formula is C14H21ClN2. The van der Waals surface area contributed by atoms with Gasteiger partial charge in [0.15, 0.2) is 0 Å². The summed E-state index contributed by atoms with van der Waals surface area (Å²) in [6.07, 6.45) is 3.73. The van der Waals surface area contributed by atoms with Crippen molar-refractivity contribution in [2.24, 2.45) is 5.92 Å². The molecule has 1 unspecified atom stereocenters. The molecule has 0 saturated carbocycles. The van der Waals surface area contributed by atoms with Crippen LogP contribution in [0.5, 0.6) is 0 Å². The smallest absolute Gasteiger partial charge is 0.0406 e. The molecule has 1 aromatic rings. The van der Waals surface area contributed by atoms with Gasteiger partial charge in [-0.1, -0.05) is 23.7 Å². The molecule has 2 rings (SSSR count). The molecule has 3 heteroatoms. The first-order valence-corrected chi connectivity index (χ1v) is 6.88. The molecule has 1 heterocycles. The highest BCUT2D eigenvalue weighted by atomic mass is 35.5. The second-order valence-corrected chi connectivity index (χ2v) is 5.21. The molecule has 0 aromatic heterocycles. The van der Waals surface area contributed by atoms with Crippen molar-refractivity contribution in [3.63, 3.8) is 0 Å². The van der Waals surface area contributed by atoms with E-state index in [0.717, 1.165) is 30.5 Å². The van der Waals surface area contributed by atoms with Crippen LogP contribution in [-0.4, -0.2) is 26.2 Å². The van der Waals surface area contributed by atoms with Gasteiger partial charge >= 0.3 is 0 Å². The van der Waals surface area contributed by atoms with Gasteiger partial charge in [-0.2, -0.15) is 0 Å². The standard InChI is InChI=1S/C14H21ClN2/c15-14-3-1-12(2-4-14)5-8-16-9-6-13-7-10-17-11-13/h1-4,13,16-17H,5-11H2. The van der Waals surface area contributed by atoms with E-state index in [2.05, 4.69) is 22.8 Å². The van der Waals surface area contributed by atoms with Gasteiger partial charge in [0, 0.05) is 5.02 Å². The van der Waals surface area contributed by atoms with Crippen molar-refractivity contribution in [2.75, 3.05) is 26.2 Å². The molecule has 0 aliphatic carbocycles. The molecule has 0 spiro atoms. The molecule has 94 valence electrons. The molecule has 0 radical (unpaired) electrons. The fraction of sp³-hybridized carbons (Fsp3) is 0.571. The van der Waals surface area contributed by atoms with Crippen LogP contribution >= 0.6 is 11.6 Å². The molecule has 1 atom stereocenters. The summed E-state index contributed by atoms with van der Waals surface area (Å²) >= 11 is 5.85. The molecule has 0 amide bonds. The molecule has 17 heavy (non-hydrogen) atoms. The molecule has 1 saturated heterocycles. The highest BCUT2D eigenvalue weighted by Gasteiger charge is 2.12. The maximum Gasteiger partial charge on any atom is 0.0406 e. The largest absolute Gasteiger partial charge is 0.316 e. The number of rotatable bonds is 6. The fourth-order valence-corrected chi connectivity index (χ4v) is 2.40. The van der Waals surface area contributed by atoms with Crippen LogP contribution in [0.3, 0.4) is 0 Å². The first kappa shape index (κ1) is 12.9. The number of hydrogen-bond acceptors (Lipinski definition) is 2. The number of halogens is 1. The summed E-state index contributed by atoms with van der Waals surface area (Å²) in [4.78, 5) is 0. The predicted octanol–water partition coefficient (Wildman–Crippen LogP) is 2.47. The van der Waals surface area contributed by atoms with Crippen molar-refractivity contribution in [3.05, 3.63) is 34.9 Å². The third kappa shape index (κ3) is 4.66. The van der Waals surface area contributed by atoms with Crippen molar-refractivity contribution in [1.29, 1.82) is 0 Å². The van der Waals surface area contributed by atoms with Crippen LogP contribution in [-0.2, 0) is 6.42 Å². The molecule has 1 aliphatic heterocycles. The van der Waals surface area contributed by atoms with Gasteiger partial charge in [-0.25, -0.2) is 0 Å². The Kier molecular flexibility index (Phi) is 5.30. The lowest BCUT2D eigenvalue weighted by molar-refractivity contribution is 0.501. The highest BCUT2D eigenvalue weighted by Crippen LogP contribution is 2.11. The van der Waals surface area contributed by atoms with Gasteiger partial charge in [-0.05, 0) is 69.1 Å². The van der Waals surface area contributed by atoms with Crippen molar-refractivity contribution in [3.8, 4) is 0 Å². The molecule has 1 fully saturated rings. The van der Waals surface area contributed by atoms with Gasteiger partial charge < -0.3 is 10.6 Å². The molecule has 1 aliphatic rings. The molecule has 1 aromatic carbocycles. The zero-order valence-electron chi connectivity index (χ0n) is 10.2. The second kappa shape index (κ2) is 7.00. The van der Waals surface area contributed by atoms with Gasteiger partial charge in [-0.15, -0.1) is 0 Å². The number of nitrogens with one attached hydrogen (secondary N) is 2. The lowest BCUT2D eigenvalue weighted by Crippen LogP contribution is -2.21. The summed E-state index contributed by atoms with van der Waals surface area (Å²) < 4.78 is 0. The summed E-state index contributed by atoms with van der Waals surface area (Å²) in [5.74, 6) is 0.887. The lowest BCUT2D eigenvalue weighted by atomic mass is 10.1. The van der Waals surface area contributed by atoms with E-state index in [1.165, 1.54) is 31.5 Å². The molecule has 2 N–H and O–H groups in total. The van der Waals surface area contributed by atoms with Crippen LogP contribution in [0.15, 0.2) is 24.3 Å². The Morgan fingerprint density at radius 3 is 2.76 bits per heavy atom. The average Bonchev–Trinajstić information content (AvgIpc) is 2.84. The van der Waals surface area contributed by atoms with Crippen LogP contribution in [0.1, 0.15) is 18.4 Å². The quantitative estimate of drug-likeness (QED) is 0.761. The Hall–Kier alpha value is -0.570. The van der Waals surface area contributed by atoms with Gasteiger partial charge in [0.25, 0.3) is 0 Å². The van der Waals surface area contributed by atoms with Crippen molar-refractivity contribution in [2.45, 2.75) is 19.3 Å². The van der Waals surface area contributed by atoms with E-state index < -0.39 is 0 Å². The monoisotopic (exact) mass is 252 g/mol. The van der Waals surface area contributed by atoms with E-state index in [-0.39, 0.29) is 0 Å². The van der Waals surface area contributed by atoms with Gasteiger partial charge in [-0.3, -0.25) is 0 Å². The maximum atomic E-state index is 5.85. The zero-order chi connectivity index (χ0) is 11.9. The fourth-order valence-electron chi connectivity index (χ4n) is 2.28. The Morgan fingerprint density at radius 2 is 2.06 bits per heavy atom. The normalized spacial score (nSPS) is 19.7. The third-order valence-corrected chi connectivity index (χ3v) is 3.65. The van der Waals surface area contributed by atoms with E-state index in [9.17, 15) is 0 Å². The molecular weight excluding hydrogens is 232 g/mol. The summed E-state index contributed by atoms with van der Waals surface area (Å²) in [5, 5.41) is 7.73. The van der Waals surface area contributed by atoms with E-state index in [4.69, 9.17) is 11.6 Å². The minimum atomic E-state index is 0.815. The van der Waals surface area contributed by atoms with Gasteiger partial charge in [0.1, 0.15) is 0 Å². The number of hydrogen-bond donors (Lipinski definition) is 2. The Bertz CT molecular complexity index is 317. The van der Waals surface area contributed by atoms with E-state index in [0.29, 0.717) is 0 Å². The topological polar surface area (TPSA) is 24.1 Å². The summed E-state index contributed by atoms with van der Waals surface area (Å²) in [7, 11) is 0. The van der Waals surface area contributed by atoms with E-state index >= 15 is 0 Å². The Balaban J connectivity index is 1.55. The summed E-state index contributed by atoms with van der Waals surface area (Å²) in [5.41, 5.74) is 1.35. The SMILES string of the molecule is Clc1ccc(CCNCCC2CCNC2)cc1. The van der Waals surface area contributed by atoms with Crippen LogP contribution < -0.4 is 10.6 Å². The highest BCUT2D eigenvalue weighted by molar-refractivity contribution is 6.30. The van der Waals surface area contributed by atoms with Crippen LogP contribution in [0.4, 0.5) is 0 Å². The van der Waals surface area contributed by atoms with Crippen molar-refractivity contribution >= 4 is 11.6 Å². The lowest BCUT2D eigenvalue weighted by Gasteiger charge is -2.09. The van der Waals surface area contributed by atoms with Crippen LogP contribution in [0.2, 0.25) is 5.02 Å². The minimum Gasteiger partial charge on any atom is -0.316 e. The first-order valence-electron chi connectivity index (χ1n) is 6.50. The Labute approximate surface area is 109 Å². The van der Waals surface area contributed by atoms with Crippen LogP contribution in [0.25, 0.3) is 0 Å². The summed E-state index contributed by atoms with van der Waals surface area (Å²) in [6.45, 7) is 4.61. The maximum absolute atomic E-state index is 5.85. The van der Waals surface area contributed by atoms with E-state index in [1.54, 1.807) is 0 Å². The first-order chi connectivity index (χ1) is 8.34. The zero-order valence-corrected chi connectivity index (χ0v) is 11.0. The molecule has 0 bridgehead atoms. The number of benzene rings is 1. The molecule has 2 nitrogen and oxygen atoms in total. The van der Waals surface area contributed by atoms with Gasteiger partial charge in [0.05, 0.1) is 0 Å². The Morgan fingerprint density at radius 1 is 1.24 bits per heavy atom. The van der Waals surface area contributed by atoms with Gasteiger partial charge in [0.2, 0.25) is 0 Å². The van der Waals surface area contributed by atoms with Crippen molar-refractivity contribution in [1.82, 2.24) is 10.6 Å². The van der Waals surface area contributed by atoms with Crippen LogP contribution in [0, 0.1) is 5.92 Å². The second-order valence-electron chi connectivity index (χ2n) is 4.77. The third-order valence-electron chi connectivity index (χ3n) is 3.40. The minimum absolute atomic E-state index is 0.815. The van der Waals surface area contributed by atoms with E-state index in [1.807, 2.05) is 12.1 Å². The predicted molar refractivity (Wildman–Crippen MR) is 73.6 cm³/mol. The summed E-state index contributed by atoms with van der Waals surface area (Å²) in [6, 6.07) is 8.12. The average molecular weight is 253 g/mol.